The first-order valence-electron chi connectivity index (χ1n) is 9.14. The lowest BCUT2D eigenvalue weighted by molar-refractivity contribution is -0.659. The molecule has 0 saturated carbocycles. The Labute approximate surface area is 157 Å². The fraction of sp³-hybridized carbons (Fsp3) is 0.400. The Bertz CT molecular complexity index is 827. The first kappa shape index (κ1) is 19.2. The molecule has 144 valence electrons. The number of anilines is 1. The smallest absolute Gasteiger partial charge is 0.279 e. The highest BCUT2D eigenvalue weighted by atomic mass is 19.1. The van der Waals surface area contributed by atoms with Gasteiger partial charge in [0.05, 0.1) is 6.04 Å². The number of alkyl halides is 1. The van der Waals surface area contributed by atoms with Crippen LogP contribution >= 0.6 is 0 Å². The van der Waals surface area contributed by atoms with E-state index in [-0.39, 0.29) is 36.4 Å². The van der Waals surface area contributed by atoms with E-state index in [0.29, 0.717) is 16.7 Å². The number of nitrogen functional groups attached to an aromatic ring is 1. The first-order chi connectivity index (χ1) is 12.9. The highest BCUT2D eigenvalue weighted by molar-refractivity contribution is 5.81. The number of nitrogens with two attached hydrogens (primary N) is 2. The van der Waals surface area contributed by atoms with E-state index in [2.05, 4.69) is 10.3 Å². The van der Waals surface area contributed by atoms with E-state index in [1.54, 1.807) is 35.8 Å². The summed E-state index contributed by atoms with van der Waals surface area (Å²) >= 11 is 0. The third kappa shape index (κ3) is 4.24. The monoisotopic (exact) mass is 375 g/mol. The van der Waals surface area contributed by atoms with Crippen LogP contribution < -0.4 is 16.4 Å². The van der Waals surface area contributed by atoms with Gasteiger partial charge in [-0.3, -0.25) is 4.79 Å². The summed E-state index contributed by atoms with van der Waals surface area (Å²) in [5.41, 5.74) is 7.76. The van der Waals surface area contributed by atoms with Crippen molar-refractivity contribution >= 4 is 11.7 Å². The number of nitrogens with zero attached hydrogens (tertiary/aromatic N) is 1. The maximum atomic E-state index is 14.6. The molecule has 0 spiro atoms. The lowest BCUT2D eigenvalue weighted by atomic mass is 9.94. The Morgan fingerprint density at radius 3 is 2.70 bits per heavy atom. The number of benzene rings is 1. The number of pyridine rings is 1. The highest BCUT2D eigenvalue weighted by Gasteiger charge is 2.35. The second-order valence-corrected chi connectivity index (χ2v) is 7.27. The summed E-state index contributed by atoms with van der Waals surface area (Å²) in [6.07, 6.45) is 0.728. The fourth-order valence-electron chi connectivity index (χ4n) is 3.45. The number of rotatable bonds is 5. The molecule has 27 heavy (non-hydrogen) atoms. The van der Waals surface area contributed by atoms with Gasteiger partial charge in [-0.25, -0.2) is 13.8 Å². The molecule has 0 radical (unpaired) electrons. The number of carbonyl (C=O) groups excluding carboxylic acids is 1. The van der Waals surface area contributed by atoms with E-state index in [1.165, 1.54) is 6.07 Å². The SMILES string of the molecule is CC(C)c1ccc([C@@H](NC(=O)[C@@H]2C[C@@H](F)C[NH2+]2)c2cccnc2N)cc1F. The number of amides is 1. The molecular weight excluding hydrogens is 350 g/mol. The average molecular weight is 375 g/mol. The highest BCUT2D eigenvalue weighted by Crippen LogP contribution is 2.29. The van der Waals surface area contributed by atoms with Crippen molar-refractivity contribution in [2.24, 2.45) is 0 Å². The predicted octanol–water partition coefficient (Wildman–Crippen LogP) is 1.81. The van der Waals surface area contributed by atoms with Crippen molar-refractivity contribution in [3.63, 3.8) is 0 Å². The topological polar surface area (TPSA) is 84.6 Å². The number of hydrogen-bond donors (Lipinski definition) is 3. The Morgan fingerprint density at radius 1 is 1.33 bits per heavy atom. The zero-order valence-electron chi connectivity index (χ0n) is 15.5. The van der Waals surface area contributed by atoms with Gasteiger partial charge in [0.15, 0.2) is 12.2 Å². The van der Waals surface area contributed by atoms with Crippen LogP contribution in [-0.2, 0) is 4.79 Å². The van der Waals surface area contributed by atoms with Crippen molar-refractivity contribution in [1.29, 1.82) is 0 Å². The molecule has 0 bridgehead atoms. The van der Waals surface area contributed by atoms with Crippen molar-refractivity contribution in [2.45, 2.75) is 44.4 Å². The van der Waals surface area contributed by atoms with Gasteiger partial charge < -0.3 is 16.4 Å². The van der Waals surface area contributed by atoms with E-state index in [4.69, 9.17) is 5.73 Å². The molecule has 1 amide bonds. The van der Waals surface area contributed by atoms with Crippen LogP contribution in [0.3, 0.4) is 0 Å². The lowest BCUT2D eigenvalue weighted by Crippen LogP contribution is -2.89. The summed E-state index contributed by atoms with van der Waals surface area (Å²) in [5.74, 6) is -0.322. The molecule has 1 aromatic carbocycles. The standard InChI is InChI=1S/C20H24F2N4O/c1-11(2)14-6-5-12(8-16(14)22)18(15-4-3-7-24-19(15)23)26-20(27)17-9-13(21)10-25-17/h3-8,11,13,17-18,25H,9-10H2,1-2H3,(H2,23,24)(H,26,27)/p+1/t13-,17+,18-/m1/s1. The minimum Gasteiger partial charge on any atom is -0.383 e. The van der Waals surface area contributed by atoms with Gasteiger partial charge in [-0.2, -0.15) is 0 Å². The Balaban J connectivity index is 1.94. The van der Waals surface area contributed by atoms with Crippen LogP contribution in [0.4, 0.5) is 14.6 Å². The molecule has 7 heteroatoms. The number of quaternary nitrogens is 1. The zero-order valence-corrected chi connectivity index (χ0v) is 15.5. The van der Waals surface area contributed by atoms with Gasteiger partial charge in [0.25, 0.3) is 5.91 Å². The minimum atomic E-state index is -0.995. The number of halogens is 2. The Morgan fingerprint density at radius 2 is 2.11 bits per heavy atom. The molecule has 3 rings (SSSR count). The van der Waals surface area contributed by atoms with E-state index in [0.717, 1.165) is 0 Å². The van der Waals surface area contributed by atoms with Crippen molar-refractivity contribution in [3.05, 3.63) is 59.0 Å². The van der Waals surface area contributed by atoms with Gasteiger partial charge in [0.1, 0.15) is 18.2 Å². The summed E-state index contributed by atoms with van der Waals surface area (Å²) in [4.78, 5) is 16.7. The maximum Gasteiger partial charge on any atom is 0.279 e. The summed E-state index contributed by atoms with van der Waals surface area (Å²) in [6, 6.07) is 7.23. The summed E-state index contributed by atoms with van der Waals surface area (Å²) < 4.78 is 28.0. The third-order valence-electron chi connectivity index (χ3n) is 4.97. The molecule has 1 aromatic heterocycles. The second kappa shape index (κ2) is 8.00. The second-order valence-electron chi connectivity index (χ2n) is 7.27. The molecule has 1 aliphatic heterocycles. The zero-order chi connectivity index (χ0) is 19.6. The van der Waals surface area contributed by atoms with Gasteiger partial charge in [-0.1, -0.05) is 32.0 Å². The molecule has 2 aromatic rings. The fourth-order valence-corrected chi connectivity index (χ4v) is 3.45. The normalized spacial score (nSPS) is 20.6. The van der Waals surface area contributed by atoms with Crippen LogP contribution in [0, 0.1) is 5.82 Å². The molecule has 1 aliphatic rings. The predicted molar refractivity (Wildman–Crippen MR) is 99.2 cm³/mol. The lowest BCUT2D eigenvalue weighted by Gasteiger charge is -2.22. The van der Waals surface area contributed by atoms with Gasteiger partial charge in [0, 0.05) is 18.2 Å². The van der Waals surface area contributed by atoms with E-state index in [1.807, 2.05) is 13.8 Å². The largest absolute Gasteiger partial charge is 0.383 e. The Hall–Kier alpha value is -2.54. The van der Waals surface area contributed by atoms with Gasteiger partial charge in [-0.05, 0) is 29.2 Å². The summed E-state index contributed by atoms with van der Waals surface area (Å²) in [6.45, 7) is 4.11. The molecule has 2 heterocycles. The van der Waals surface area contributed by atoms with E-state index in [9.17, 15) is 13.6 Å². The molecule has 5 nitrogen and oxygen atoms in total. The van der Waals surface area contributed by atoms with Crippen LogP contribution in [0.1, 0.15) is 48.9 Å². The maximum absolute atomic E-state index is 14.6. The number of nitrogens with one attached hydrogen (secondary N) is 1. The minimum absolute atomic E-state index is 0.0464. The molecule has 1 fully saturated rings. The Kier molecular flexibility index (Phi) is 5.70. The van der Waals surface area contributed by atoms with Crippen LogP contribution in [0.2, 0.25) is 0 Å². The van der Waals surface area contributed by atoms with E-state index < -0.39 is 18.3 Å². The summed E-state index contributed by atoms with van der Waals surface area (Å²) in [5, 5.41) is 4.59. The number of carbonyl (C=O) groups is 1. The average Bonchev–Trinajstić information content (AvgIpc) is 3.06. The van der Waals surface area contributed by atoms with Crippen LogP contribution in [0.5, 0.6) is 0 Å². The number of aromatic nitrogens is 1. The van der Waals surface area contributed by atoms with Crippen molar-refractivity contribution < 1.29 is 18.9 Å². The van der Waals surface area contributed by atoms with Crippen LogP contribution in [-0.4, -0.2) is 29.6 Å². The third-order valence-corrected chi connectivity index (χ3v) is 4.97. The van der Waals surface area contributed by atoms with Crippen molar-refractivity contribution in [2.75, 3.05) is 12.3 Å². The van der Waals surface area contributed by atoms with E-state index >= 15 is 0 Å². The molecule has 5 N–H and O–H groups in total. The molecular formula is C20H25F2N4O+. The molecule has 0 aliphatic carbocycles. The first-order valence-corrected chi connectivity index (χ1v) is 9.14. The summed E-state index contributed by atoms with van der Waals surface area (Å²) in [7, 11) is 0. The van der Waals surface area contributed by atoms with Crippen LogP contribution in [0.15, 0.2) is 36.5 Å². The van der Waals surface area contributed by atoms with Crippen LogP contribution in [0.25, 0.3) is 0 Å². The van der Waals surface area contributed by atoms with Gasteiger partial charge >= 0.3 is 0 Å². The molecule has 0 unspecified atom stereocenters. The van der Waals surface area contributed by atoms with Crippen molar-refractivity contribution in [1.82, 2.24) is 10.3 Å². The van der Waals surface area contributed by atoms with Gasteiger partial charge in [-0.15, -0.1) is 0 Å². The quantitative estimate of drug-likeness (QED) is 0.745. The molecule has 3 atom stereocenters. The molecule has 1 saturated heterocycles. The van der Waals surface area contributed by atoms with Crippen molar-refractivity contribution in [3.8, 4) is 0 Å². The van der Waals surface area contributed by atoms with Gasteiger partial charge in [0.2, 0.25) is 0 Å². The number of hydrogen-bond acceptors (Lipinski definition) is 3.